The first-order chi connectivity index (χ1) is 20.8. The first kappa shape index (κ1) is 30.3. The fourth-order valence-electron chi connectivity index (χ4n) is 4.28. The molecule has 5 rings (SSSR count). The van der Waals surface area contributed by atoms with Gasteiger partial charge in [-0.05, 0) is 30.0 Å². The Hall–Kier alpha value is -4.13. The van der Waals surface area contributed by atoms with Crippen molar-refractivity contribution in [2.45, 2.75) is 39.2 Å². The quantitative estimate of drug-likeness (QED) is 0.140. The largest absolute Gasteiger partial charge is 0.481 e. The van der Waals surface area contributed by atoms with E-state index in [9.17, 15) is 18.0 Å². The molecule has 0 amide bonds. The van der Waals surface area contributed by atoms with Crippen LogP contribution in [0.25, 0.3) is 16.5 Å². The molecular weight excluding hydrogens is 610 g/mol. The van der Waals surface area contributed by atoms with Gasteiger partial charge >= 0.3 is 5.69 Å². The summed E-state index contributed by atoms with van der Waals surface area (Å²) in [5.74, 6) is 0.139. The summed E-state index contributed by atoms with van der Waals surface area (Å²) in [5.41, 5.74) is 0.635. The summed E-state index contributed by atoms with van der Waals surface area (Å²) in [6.07, 6.45) is -2.57. The Morgan fingerprint density at radius 2 is 1.79 bits per heavy atom. The Morgan fingerprint density at radius 3 is 2.51 bits per heavy atom. The van der Waals surface area contributed by atoms with Crippen molar-refractivity contribution in [3.05, 3.63) is 99.0 Å². The molecule has 0 saturated carbocycles. The van der Waals surface area contributed by atoms with E-state index < -0.39 is 24.9 Å². The van der Waals surface area contributed by atoms with Crippen LogP contribution in [-0.4, -0.2) is 43.5 Å². The molecule has 14 heteroatoms. The maximum Gasteiger partial charge on any atom is 0.350 e. The molecule has 43 heavy (non-hydrogen) atoms. The lowest BCUT2D eigenvalue weighted by Crippen LogP contribution is -2.28. The van der Waals surface area contributed by atoms with E-state index in [1.165, 1.54) is 29.1 Å². The molecule has 9 nitrogen and oxygen atoms in total. The van der Waals surface area contributed by atoms with E-state index >= 15 is 0 Å². The molecule has 0 bridgehead atoms. The third-order valence-electron chi connectivity index (χ3n) is 6.32. The topological polar surface area (TPSA) is 93.3 Å². The lowest BCUT2D eigenvalue weighted by atomic mass is 10.1. The standard InChI is InChI=1S/C29H24Cl2F3N5O4/c1-2-38-25(16-41-15-17-6-4-3-5-7-17)37-39(29(38)40)19-10-18-8-9-35-28(43-21-12-24(31)36-14-20(21)30)26(18)22(11-19)42-23(13-32)27(33)34/h3-12,14,23,27H,2,13,15-16H2,1H3. The number of pyridine rings is 2. The summed E-state index contributed by atoms with van der Waals surface area (Å²) in [5, 5.41) is 5.15. The lowest BCUT2D eigenvalue weighted by molar-refractivity contribution is -0.000431. The van der Waals surface area contributed by atoms with E-state index in [2.05, 4.69) is 15.1 Å². The number of rotatable bonds is 12. The van der Waals surface area contributed by atoms with Crippen LogP contribution in [0.2, 0.25) is 10.2 Å². The molecule has 3 aromatic heterocycles. The third kappa shape index (κ3) is 6.76. The molecule has 5 aromatic rings. The van der Waals surface area contributed by atoms with Crippen LogP contribution in [0.5, 0.6) is 17.4 Å². The van der Waals surface area contributed by atoms with Gasteiger partial charge in [0, 0.05) is 24.9 Å². The first-order valence-corrected chi connectivity index (χ1v) is 13.8. The zero-order valence-electron chi connectivity index (χ0n) is 22.6. The van der Waals surface area contributed by atoms with E-state index in [0.29, 0.717) is 24.4 Å². The molecule has 0 spiro atoms. The Kier molecular flexibility index (Phi) is 9.49. The van der Waals surface area contributed by atoms with Crippen molar-refractivity contribution in [3.8, 4) is 23.1 Å². The van der Waals surface area contributed by atoms with Crippen LogP contribution in [0, 0.1) is 0 Å². The van der Waals surface area contributed by atoms with Gasteiger partial charge < -0.3 is 14.2 Å². The zero-order chi connectivity index (χ0) is 30.5. The first-order valence-electron chi connectivity index (χ1n) is 13.0. The molecular formula is C29H24Cl2F3N5O4. The number of alkyl halides is 3. The van der Waals surface area contributed by atoms with E-state index in [1.54, 1.807) is 19.1 Å². The predicted molar refractivity (Wildman–Crippen MR) is 154 cm³/mol. The van der Waals surface area contributed by atoms with Crippen molar-refractivity contribution in [1.82, 2.24) is 24.3 Å². The maximum absolute atomic E-state index is 13.6. The number of hydrogen-bond donors (Lipinski definition) is 0. The summed E-state index contributed by atoms with van der Waals surface area (Å²) in [6, 6.07) is 15.3. The van der Waals surface area contributed by atoms with Crippen LogP contribution in [0.1, 0.15) is 18.3 Å². The fourth-order valence-corrected chi connectivity index (χ4v) is 4.57. The molecule has 2 aromatic carbocycles. The fraction of sp³-hybridized carbons (Fsp3) is 0.241. The molecule has 1 atom stereocenters. The van der Waals surface area contributed by atoms with E-state index in [4.69, 9.17) is 37.4 Å². The lowest BCUT2D eigenvalue weighted by Gasteiger charge is -2.19. The highest BCUT2D eigenvalue weighted by molar-refractivity contribution is 6.33. The van der Waals surface area contributed by atoms with Crippen molar-refractivity contribution in [2.75, 3.05) is 6.67 Å². The summed E-state index contributed by atoms with van der Waals surface area (Å²) >= 11 is 12.2. The minimum Gasteiger partial charge on any atom is -0.481 e. The van der Waals surface area contributed by atoms with Gasteiger partial charge in [-0.15, -0.1) is 5.10 Å². The zero-order valence-corrected chi connectivity index (χ0v) is 24.1. The average Bonchev–Trinajstić information content (AvgIpc) is 3.32. The molecule has 0 aliphatic carbocycles. The molecule has 0 saturated heterocycles. The van der Waals surface area contributed by atoms with Crippen LogP contribution in [0.4, 0.5) is 13.2 Å². The van der Waals surface area contributed by atoms with Crippen LogP contribution in [0.3, 0.4) is 0 Å². The summed E-state index contributed by atoms with van der Waals surface area (Å²) < 4.78 is 60.5. The number of ether oxygens (including phenoxy) is 3. The second-order valence-corrected chi connectivity index (χ2v) is 9.97. The monoisotopic (exact) mass is 633 g/mol. The number of fused-ring (bicyclic) bond motifs is 1. The number of aromatic nitrogens is 5. The van der Waals surface area contributed by atoms with Crippen molar-refractivity contribution in [1.29, 1.82) is 0 Å². The molecule has 1 unspecified atom stereocenters. The highest BCUT2D eigenvalue weighted by Gasteiger charge is 2.26. The van der Waals surface area contributed by atoms with Gasteiger partial charge in [-0.2, -0.15) is 4.68 Å². The Bertz CT molecular complexity index is 1790. The predicted octanol–water partition coefficient (Wildman–Crippen LogP) is 6.80. The number of halogens is 5. The van der Waals surface area contributed by atoms with E-state index in [-0.39, 0.29) is 45.2 Å². The number of hydrogen-bond acceptors (Lipinski definition) is 7. The van der Waals surface area contributed by atoms with Crippen LogP contribution >= 0.6 is 23.2 Å². The van der Waals surface area contributed by atoms with Crippen molar-refractivity contribution in [2.24, 2.45) is 0 Å². The molecule has 0 fully saturated rings. The minimum atomic E-state index is -3.14. The van der Waals surface area contributed by atoms with Gasteiger partial charge in [0.15, 0.2) is 17.7 Å². The molecule has 224 valence electrons. The second kappa shape index (κ2) is 13.4. The number of benzene rings is 2. The number of nitrogens with zero attached hydrogens (tertiary/aromatic N) is 5. The van der Waals surface area contributed by atoms with Crippen molar-refractivity contribution < 1.29 is 27.4 Å². The van der Waals surface area contributed by atoms with Crippen LogP contribution in [-0.2, 0) is 24.5 Å². The molecule has 0 radical (unpaired) electrons. The smallest absolute Gasteiger partial charge is 0.350 e. The van der Waals surface area contributed by atoms with Crippen LogP contribution < -0.4 is 15.2 Å². The van der Waals surface area contributed by atoms with Gasteiger partial charge in [-0.1, -0.05) is 53.5 Å². The highest BCUT2D eigenvalue weighted by atomic mass is 35.5. The SMILES string of the molecule is CCn1c(COCc2ccccc2)nn(-c2cc(OC(CF)C(F)F)c3c(Oc4cc(Cl)ncc4Cl)nccc3c2)c1=O. The maximum atomic E-state index is 13.6. The minimum absolute atomic E-state index is 0.0361. The van der Waals surface area contributed by atoms with Crippen LogP contribution in [0.15, 0.2) is 71.8 Å². The second-order valence-electron chi connectivity index (χ2n) is 9.18. The Labute approximate surface area is 253 Å². The molecule has 3 heterocycles. The molecule has 0 aliphatic rings. The van der Waals surface area contributed by atoms with Gasteiger partial charge in [0.25, 0.3) is 6.43 Å². The summed E-state index contributed by atoms with van der Waals surface area (Å²) in [6.45, 7) is 0.948. The van der Waals surface area contributed by atoms with Gasteiger partial charge in [0.05, 0.1) is 23.9 Å². The van der Waals surface area contributed by atoms with Crippen molar-refractivity contribution in [3.63, 3.8) is 0 Å². The Balaban J connectivity index is 1.58. The van der Waals surface area contributed by atoms with Gasteiger partial charge in [0.1, 0.15) is 29.2 Å². The summed E-state index contributed by atoms with van der Waals surface area (Å²) in [4.78, 5) is 21.5. The Morgan fingerprint density at radius 1 is 1.00 bits per heavy atom. The molecule has 0 N–H and O–H groups in total. The normalized spacial score (nSPS) is 12.2. The van der Waals surface area contributed by atoms with E-state index in [1.807, 2.05) is 30.3 Å². The van der Waals surface area contributed by atoms with Crippen molar-refractivity contribution >= 4 is 34.0 Å². The van der Waals surface area contributed by atoms with Gasteiger partial charge in [-0.3, -0.25) is 4.57 Å². The highest BCUT2D eigenvalue weighted by Crippen LogP contribution is 2.39. The average molecular weight is 634 g/mol. The van der Waals surface area contributed by atoms with E-state index in [0.717, 1.165) is 10.2 Å². The van der Waals surface area contributed by atoms with Gasteiger partial charge in [-0.25, -0.2) is 27.9 Å². The third-order valence-corrected chi connectivity index (χ3v) is 6.82. The molecule has 0 aliphatic heterocycles. The summed E-state index contributed by atoms with van der Waals surface area (Å²) in [7, 11) is 0. The van der Waals surface area contributed by atoms with Gasteiger partial charge in [0.2, 0.25) is 5.88 Å².